The number of piperidine rings is 1. The molecule has 1 saturated heterocycles. The number of methoxy groups -OCH3 is 1. The van der Waals surface area contributed by atoms with E-state index in [4.69, 9.17) is 4.74 Å². The normalized spacial score (nSPS) is 20.4. The Balaban J connectivity index is 1.82. The van der Waals surface area contributed by atoms with Crippen LogP contribution in [0.1, 0.15) is 25.3 Å². The summed E-state index contributed by atoms with van der Waals surface area (Å²) in [6, 6.07) is 5.33. The summed E-state index contributed by atoms with van der Waals surface area (Å²) in [4.78, 5) is 22.6. The van der Waals surface area contributed by atoms with Crippen LogP contribution < -0.4 is 15.4 Å². The van der Waals surface area contributed by atoms with Gasteiger partial charge in [0.25, 0.3) is 0 Å². The molecule has 1 fully saturated rings. The molecule has 2 N–H and O–H groups in total. The first-order chi connectivity index (χ1) is 11.5. The molecule has 2 atom stereocenters. The van der Waals surface area contributed by atoms with E-state index in [0.717, 1.165) is 24.9 Å². The highest BCUT2D eigenvalue weighted by molar-refractivity contribution is 7.99. The van der Waals surface area contributed by atoms with Crippen LogP contribution in [0.3, 0.4) is 0 Å². The van der Waals surface area contributed by atoms with Crippen LogP contribution in [-0.4, -0.2) is 42.3 Å². The van der Waals surface area contributed by atoms with Crippen molar-refractivity contribution in [2.75, 3.05) is 19.4 Å². The fraction of sp³-hybridized carbons (Fsp3) is 0.562. The number of benzene rings is 1. The van der Waals surface area contributed by atoms with E-state index in [1.165, 1.54) is 24.9 Å². The fourth-order valence-electron chi connectivity index (χ4n) is 2.72. The minimum Gasteiger partial charge on any atom is -0.490 e. The summed E-state index contributed by atoms with van der Waals surface area (Å²) in [7, 11) is 1.40. The van der Waals surface area contributed by atoms with Gasteiger partial charge in [-0.1, -0.05) is 6.07 Å². The van der Waals surface area contributed by atoms with E-state index in [0.29, 0.717) is 11.5 Å². The number of carbonyl (C=O) groups excluding carboxylic acids is 1. The van der Waals surface area contributed by atoms with Crippen molar-refractivity contribution < 1.29 is 14.5 Å². The van der Waals surface area contributed by atoms with Gasteiger partial charge in [-0.15, -0.1) is 11.8 Å². The number of nitro benzene ring substituents is 1. The maximum absolute atomic E-state index is 12.0. The number of nitrogens with zero attached hydrogens (tertiary/aromatic N) is 1. The van der Waals surface area contributed by atoms with Gasteiger partial charge in [0.15, 0.2) is 5.75 Å². The van der Waals surface area contributed by atoms with Gasteiger partial charge in [-0.2, -0.15) is 0 Å². The Hall–Kier alpha value is -1.80. The molecule has 1 aliphatic rings. The minimum absolute atomic E-state index is 0.00330. The zero-order valence-corrected chi connectivity index (χ0v) is 14.7. The number of rotatable bonds is 7. The molecule has 2 unspecified atom stereocenters. The Morgan fingerprint density at radius 3 is 3.00 bits per heavy atom. The van der Waals surface area contributed by atoms with Crippen molar-refractivity contribution >= 4 is 23.4 Å². The number of amides is 1. The summed E-state index contributed by atoms with van der Waals surface area (Å²) in [6.07, 6.45) is 2.06. The number of hydrogen-bond donors (Lipinski definition) is 2. The number of carbonyl (C=O) groups is 1. The Morgan fingerprint density at radius 2 is 2.33 bits per heavy atom. The molecule has 2 rings (SSSR count). The van der Waals surface area contributed by atoms with E-state index in [2.05, 4.69) is 17.6 Å². The monoisotopic (exact) mass is 353 g/mol. The molecule has 7 nitrogen and oxygen atoms in total. The largest absolute Gasteiger partial charge is 0.490 e. The highest BCUT2D eigenvalue weighted by Crippen LogP contribution is 2.28. The number of thioether (sulfide) groups is 1. The lowest BCUT2D eigenvalue weighted by atomic mass is 10.00. The van der Waals surface area contributed by atoms with E-state index >= 15 is 0 Å². The van der Waals surface area contributed by atoms with Gasteiger partial charge in [-0.3, -0.25) is 14.9 Å². The third-order valence-corrected chi connectivity index (χ3v) is 5.05. The molecule has 132 valence electrons. The second-order valence-corrected chi connectivity index (χ2v) is 6.80. The second-order valence-electron chi connectivity index (χ2n) is 5.82. The Labute approximate surface area is 145 Å². The third-order valence-electron chi connectivity index (χ3n) is 4.05. The van der Waals surface area contributed by atoms with Crippen LogP contribution in [0.2, 0.25) is 0 Å². The van der Waals surface area contributed by atoms with Crippen molar-refractivity contribution in [1.82, 2.24) is 10.6 Å². The van der Waals surface area contributed by atoms with Crippen LogP contribution in [0.25, 0.3) is 0 Å². The lowest BCUT2D eigenvalue weighted by Gasteiger charge is -2.30. The second kappa shape index (κ2) is 8.89. The fourth-order valence-corrected chi connectivity index (χ4v) is 3.51. The van der Waals surface area contributed by atoms with Gasteiger partial charge in [-0.05, 0) is 37.9 Å². The van der Waals surface area contributed by atoms with Crippen LogP contribution in [-0.2, 0) is 10.5 Å². The summed E-state index contributed by atoms with van der Waals surface area (Å²) in [6.45, 7) is 3.08. The molecule has 1 heterocycles. The molecule has 0 spiro atoms. The Bertz CT molecular complexity index is 597. The molecule has 24 heavy (non-hydrogen) atoms. The summed E-state index contributed by atoms with van der Waals surface area (Å²) < 4.78 is 4.98. The number of ether oxygens (including phenoxy) is 1. The smallest absolute Gasteiger partial charge is 0.311 e. The predicted molar refractivity (Wildman–Crippen MR) is 94.4 cm³/mol. The molecule has 0 bridgehead atoms. The molecule has 0 aromatic heterocycles. The standard InChI is InChI=1S/C16H23N3O4S/c1-11-13(4-3-7-17-11)18-16(20)10-24-9-12-5-6-15(23-2)14(8-12)19(21)22/h5-6,8,11,13,17H,3-4,7,9-10H2,1-2H3,(H,18,20). The zero-order chi connectivity index (χ0) is 17.5. The molecule has 0 saturated carbocycles. The molecule has 0 aliphatic carbocycles. The first-order valence-electron chi connectivity index (χ1n) is 7.93. The van der Waals surface area contributed by atoms with Crippen LogP contribution >= 0.6 is 11.8 Å². The summed E-state index contributed by atoms with van der Waals surface area (Å²) in [5.41, 5.74) is 0.746. The van der Waals surface area contributed by atoms with Crippen LogP contribution in [0, 0.1) is 10.1 Å². The van der Waals surface area contributed by atoms with Crippen molar-refractivity contribution in [3.8, 4) is 5.75 Å². The molecule has 0 radical (unpaired) electrons. The third kappa shape index (κ3) is 5.10. The van der Waals surface area contributed by atoms with E-state index in [-0.39, 0.29) is 29.4 Å². The van der Waals surface area contributed by atoms with Crippen LogP contribution in [0.4, 0.5) is 5.69 Å². The van der Waals surface area contributed by atoms with Crippen LogP contribution in [0.5, 0.6) is 5.75 Å². The molecule has 1 aromatic carbocycles. The van der Waals surface area contributed by atoms with Crippen molar-refractivity contribution in [2.45, 2.75) is 37.6 Å². The first kappa shape index (κ1) is 18.5. The maximum atomic E-state index is 12.0. The van der Waals surface area contributed by atoms with Gasteiger partial charge in [0.1, 0.15) is 0 Å². The Morgan fingerprint density at radius 1 is 1.54 bits per heavy atom. The van der Waals surface area contributed by atoms with Crippen molar-refractivity contribution in [2.24, 2.45) is 0 Å². The molecule has 1 amide bonds. The molecule has 1 aromatic rings. The zero-order valence-electron chi connectivity index (χ0n) is 13.9. The molecule has 1 aliphatic heterocycles. The van der Waals surface area contributed by atoms with E-state index in [1.807, 2.05) is 0 Å². The van der Waals surface area contributed by atoms with E-state index in [1.54, 1.807) is 12.1 Å². The van der Waals surface area contributed by atoms with Gasteiger partial charge < -0.3 is 15.4 Å². The summed E-state index contributed by atoms with van der Waals surface area (Å²) in [5, 5.41) is 17.4. The molecular weight excluding hydrogens is 330 g/mol. The number of nitro groups is 1. The van der Waals surface area contributed by atoms with Gasteiger partial charge in [0, 0.05) is 23.9 Å². The van der Waals surface area contributed by atoms with Gasteiger partial charge in [0.2, 0.25) is 5.91 Å². The van der Waals surface area contributed by atoms with E-state index < -0.39 is 4.92 Å². The molecular formula is C16H23N3O4S. The quantitative estimate of drug-likeness (QED) is 0.576. The van der Waals surface area contributed by atoms with Crippen molar-refractivity contribution in [1.29, 1.82) is 0 Å². The summed E-state index contributed by atoms with van der Waals surface area (Å²) >= 11 is 1.44. The van der Waals surface area contributed by atoms with Gasteiger partial charge in [0.05, 0.1) is 17.8 Å². The van der Waals surface area contributed by atoms with Crippen LogP contribution in [0.15, 0.2) is 18.2 Å². The maximum Gasteiger partial charge on any atom is 0.311 e. The Kier molecular flexibility index (Phi) is 6.86. The number of hydrogen-bond acceptors (Lipinski definition) is 6. The van der Waals surface area contributed by atoms with Crippen molar-refractivity contribution in [3.05, 3.63) is 33.9 Å². The van der Waals surface area contributed by atoms with Gasteiger partial charge in [-0.25, -0.2) is 0 Å². The lowest BCUT2D eigenvalue weighted by Crippen LogP contribution is -2.52. The topological polar surface area (TPSA) is 93.5 Å². The molecule has 8 heteroatoms. The summed E-state index contributed by atoms with van der Waals surface area (Å²) in [5.74, 6) is 1.12. The number of nitrogens with one attached hydrogen (secondary N) is 2. The highest BCUT2D eigenvalue weighted by Gasteiger charge is 2.22. The minimum atomic E-state index is -0.461. The first-order valence-corrected chi connectivity index (χ1v) is 9.08. The van der Waals surface area contributed by atoms with Gasteiger partial charge >= 0.3 is 5.69 Å². The average molecular weight is 353 g/mol. The average Bonchev–Trinajstić information content (AvgIpc) is 2.56. The SMILES string of the molecule is COc1ccc(CSCC(=O)NC2CCCNC2C)cc1[N+](=O)[O-]. The van der Waals surface area contributed by atoms with Crippen molar-refractivity contribution in [3.63, 3.8) is 0 Å². The van der Waals surface area contributed by atoms with E-state index in [9.17, 15) is 14.9 Å². The predicted octanol–water partition coefficient (Wildman–Crippen LogP) is 2.09. The highest BCUT2D eigenvalue weighted by atomic mass is 32.2. The lowest BCUT2D eigenvalue weighted by molar-refractivity contribution is -0.385.